The third-order valence-electron chi connectivity index (χ3n) is 2.87. The highest BCUT2D eigenvalue weighted by molar-refractivity contribution is 4.65. The van der Waals surface area contributed by atoms with Crippen molar-refractivity contribution in [2.24, 2.45) is 0 Å². The van der Waals surface area contributed by atoms with E-state index in [1.54, 1.807) is 0 Å². The number of allylic oxidation sites excluding steroid dienone is 1. The van der Waals surface area contributed by atoms with Gasteiger partial charge >= 0.3 is 0 Å². The predicted molar refractivity (Wildman–Crippen MR) is 69.0 cm³/mol. The summed E-state index contributed by atoms with van der Waals surface area (Å²) < 4.78 is 16.5. The van der Waals surface area contributed by atoms with Crippen LogP contribution in [0.5, 0.6) is 0 Å². The van der Waals surface area contributed by atoms with Crippen LogP contribution in [0.2, 0.25) is 0 Å². The number of rotatable bonds is 10. The molecule has 1 rings (SSSR count). The Bertz CT molecular complexity index is 176. The van der Waals surface area contributed by atoms with Gasteiger partial charge in [0.25, 0.3) is 0 Å². The Morgan fingerprint density at radius 3 is 2.82 bits per heavy atom. The summed E-state index contributed by atoms with van der Waals surface area (Å²) in [6.07, 6.45) is 10.1. The first-order chi connectivity index (χ1) is 8.43. The first-order valence-corrected chi connectivity index (χ1v) is 6.85. The molecule has 0 N–H and O–H groups in total. The van der Waals surface area contributed by atoms with Crippen LogP contribution in [-0.4, -0.2) is 32.7 Å². The molecule has 0 bridgehead atoms. The van der Waals surface area contributed by atoms with Crippen molar-refractivity contribution in [3.63, 3.8) is 0 Å². The fourth-order valence-electron chi connectivity index (χ4n) is 1.85. The Morgan fingerprint density at radius 1 is 1.12 bits per heavy atom. The molecule has 1 fully saturated rings. The van der Waals surface area contributed by atoms with Gasteiger partial charge < -0.3 is 14.2 Å². The van der Waals surface area contributed by atoms with Crippen LogP contribution in [0.1, 0.15) is 44.9 Å². The van der Waals surface area contributed by atoms with Crippen LogP contribution in [0, 0.1) is 0 Å². The number of hydrogen-bond donors (Lipinski definition) is 0. The molecule has 0 aromatic carbocycles. The maximum Gasteiger partial charge on any atom is 0.157 e. The monoisotopic (exact) mass is 242 g/mol. The number of unbranched alkanes of at least 4 members (excludes halogenated alkanes) is 3. The van der Waals surface area contributed by atoms with E-state index in [1.807, 2.05) is 6.08 Å². The molecule has 0 spiro atoms. The maximum absolute atomic E-state index is 5.57. The van der Waals surface area contributed by atoms with E-state index in [0.29, 0.717) is 13.2 Å². The minimum absolute atomic E-state index is 0.0138. The van der Waals surface area contributed by atoms with E-state index in [4.69, 9.17) is 14.2 Å². The molecule has 1 aliphatic rings. The second-order valence-corrected chi connectivity index (χ2v) is 4.42. The van der Waals surface area contributed by atoms with Crippen molar-refractivity contribution < 1.29 is 14.2 Å². The van der Waals surface area contributed by atoms with Gasteiger partial charge in [-0.1, -0.05) is 12.5 Å². The highest BCUT2D eigenvalue weighted by Gasteiger charge is 2.13. The van der Waals surface area contributed by atoms with Gasteiger partial charge in [-0.15, -0.1) is 6.58 Å². The minimum atomic E-state index is 0.0138. The van der Waals surface area contributed by atoms with Gasteiger partial charge in [0.05, 0.1) is 13.2 Å². The summed E-state index contributed by atoms with van der Waals surface area (Å²) >= 11 is 0. The minimum Gasteiger partial charge on any atom is -0.379 e. The zero-order chi connectivity index (χ0) is 12.2. The maximum atomic E-state index is 5.57. The smallest absolute Gasteiger partial charge is 0.157 e. The van der Waals surface area contributed by atoms with Gasteiger partial charge in [-0.2, -0.15) is 0 Å². The predicted octanol–water partition coefficient (Wildman–Crippen LogP) is 3.29. The molecule has 0 radical (unpaired) electrons. The second-order valence-electron chi connectivity index (χ2n) is 4.42. The summed E-state index contributed by atoms with van der Waals surface area (Å²) in [5.41, 5.74) is 0. The van der Waals surface area contributed by atoms with Crippen LogP contribution in [-0.2, 0) is 14.2 Å². The molecular formula is C14H26O3. The zero-order valence-electron chi connectivity index (χ0n) is 10.9. The quantitative estimate of drug-likeness (QED) is 0.434. The van der Waals surface area contributed by atoms with Gasteiger partial charge in [0.1, 0.15) is 0 Å². The summed E-state index contributed by atoms with van der Waals surface area (Å²) in [4.78, 5) is 0. The Labute approximate surface area is 105 Å². The fourth-order valence-corrected chi connectivity index (χ4v) is 1.85. The SMILES string of the molecule is C=CCCCCCOCCOC1CCCCO1. The molecule has 1 aliphatic heterocycles. The molecule has 17 heavy (non-hydrogen) atoms. The van der Waals surface area contributed by atoms with Crippen molar-refractivity contribution >= 4 is 0 Å². The molecule has 1 saturated heterocycles. The summed E-state index contributed by atoms with van der Waals surface area (Å²) in [6, 6.07) is 0. The number of ether oxygens (including phenoxy) is 3. The summed E-state index contributed by atoms with van der Waals surface area (Å²) in [5, 5.41) is 0. The normalized spacial score (nSPS) is 20.4. The van der Waals surface area contributed by atoms with Crippen molar-refractivity contribution in [2.75, 3.05) is 26.4 Å². The highest BCUT2D eigenvalue weighted by Crippen LogP contribution is 2.13. The standard InChI is InChI=1S/C14H26O3/c1-2-3-4-5-7-10-15-12-13-17-14-9-6-8-11-16-14/h2,14H,1,3-13H2. The molecule has 1 atom stereocenters. The van der Waals surface area contributed by atoms with Crippen molar-refractivity contribution in [3.05, 3.63) is 12.7 Å². The van der Waals surface area contributed by atoms with Gasteiger partial charge in [-0.3, -0.25) is 0 Å². The lowest BCUT2D eigenvalue weighted by molar-refractivity contribution is -0.169. The van der Waals surface area contributed by atoms with E-state index >= 15 is 0 Å². The van der Waals surface area contributed by atoms with Crippen LogP contribution in [0.4, 0.5) is 0 Å². The fraction of sp³-hybridized carbons (Fsp3) is 0.857. The Hall–Kier alpha value is -0.380. The molecular weight excluding hydrogens is 216 g/mol. The summed E-state index contributed by atoms with van der Waals surface area (Å²) in [5.74, 6) is 0. The van der Waals surface area contributed by atoms with E-state index in [2.05, 4.69) is 6.58 Å². The van der Waals surface area contributed by atoms with Crippen molar-refractivity contribution in [2.45, 2.75) is 51.2 Å². The highest BCUT2D eigenvalue weighted by atomic mass is 16.7. The average Bonchev–Trinajstić information content (AvgIpc) is 2.38. The molecule has 0 amide bonds. The molecule has 0 saturated carbocycles. The molecule has 1 unspecified atom stereocenters. The third-order valence-corrected chi connectivity index (χ3v) is 2.87. The van der Waals surface area contributed by atoms with Crippen LogP contribution in [0.25, 0.3) is 0 Å². The topological polar surface area (TPSA) is 27.7 Å². The summed E-state index contributed by atoms with van der Waals surface area (Å²) in [7, 11) is 0. The molecule has 3 nitrogen and oxygen atoms in total. The zero-order valence-corrected chi connectivity index (χ0v) is 10.9. The van der Waals surface area contributed by atoms with Gasteiger partial charge in [-0.25, -0.2) is 0 Å². The number of hydrogen-bond acceptors (Lipinski definition) is 3. The van der Waals surface area contributed by atoms with Gasteiger partial charge in [0.15, 0.2) is 6.29 Å². The molecule has 0 aliphatic carbocycles. The second kappa shape index (κ2) is 10.8. The first-order valence-electron chi connectivity index (χ1n) is 6.85. The van der Waals surface area contributed by atoms with E-state index in [1.165, 1.54) is 25.7 Å². The van der Waals surface area contributed by atoms with E-state index in [-0.39, 0.29) is 6.29 Å². The van der Waals surface area contributed by atoms with Crippen LogP contribution in [0.15, 0.2) is 12.7 Å². The van der Waals surface area contributed by atoms with Gasteiger partial charge in [0, 0.05) is 13.2 Å². The first kappa shape index (κ1) is 14.7. The van der Waals surface area contributed by atoms with Crippen molar-refractivity contribution in [3.8, 4) is 0 Å². The molecule has 0 aromatic rings. The Kier molecular flexibility index (Phi) is 9.29. The Balaban J connectivity index is 1.76. The van der Waals surface area contributed by atoms with E-state index in [0.717, 1.165) is 32.5 Å². The van der Waals surface area contributed by atoms with Crippen LogP contribution < -0.4 is 0 Å². The molecule has 100 valence electrons. The molecule has 0 aromatic heterocycles. The summed E-state index contributed by atoms with van der Waals surface area (Å²) in [6.45, 7) is 6.72. The lowest BCUT2D eigenvalue weighted by Crippen LogP contribution is -2.24. The lowest BCUT2D eigenvalue weighted by atomic mass is 10.2. The van der Waals surface area contributed by atoms with Crippen molar-refractivity contribution in [1.29, 1.82) is 0 Å². The van der Waals surface area contributed by atoms with Gasteiger partial charge in [0.2, 0.25) is 0 Å². The van der Waals surface area contributed by atoms with E-state index in [9.17, 15) is 0 Å². The lowest BCUT2D eigenvalue weighted by Gasteiger charge is -2.22. The third kappa shape index (κ3) is 8.36. The van der Waals surface area contributed by atoms with Crippen LogP contribution in [0.3, 0.4) is 0 Å². The Morgan fingerprint density at radius 2 is 2.06 bits per heavy atom. The van der Waals surface area contributed by atoms with E-state index < -0.39 is 0 Å². The molecule has 3 heteroatoms. The van der Waals surface area contributed by atoms with Crippen molar-refractivity contribution in [1.82, 2.24) is 0 Å². The van der Waals surface area contributed by atoms with Gasteiger partial charge in [-0.05, 0) is 38.5 Å². The largest absolute Gasteiger partial charge is 0.379 e. The molecule has 1 heterocycles. The average molecular weight is 242 g/mol. The van der Waals surface area contributed by atoms with Crippen LogP contribution >= 0.6 is 0 Å².